The van der Waals surface area contributed by atoms with E-state index in [2.05, 4.69) is 0 Å². The van der Waals surface area contributed by atoms with Crippen molar-refractivity contribution in [2.24, 2.45) is 0 Å². The topological polar surface area (TPSA) is 43.4 Å². The van der Waals surface area contributed by atoms with Crippen molar-refractivity contribution in [2.75, 3.05) is 0 Å². The standard InChI is InChI=1S/C21H19FO3/c1-14(21(24)18-10-9-15-6-4-7-17(15)13-18)25-20(23)12-11-16-5-2-3-8-19(16)22/h2-3,5,8-14H,4,6-7H2,1H3/b12-11+/t14-/m0/s1. The number of ketones is 1. The van der Waals surface area contributed by atoms with Gasteiger partial charge in [0, 0.05) is 17.2 Å². The quantitative estimate of drug-likeness (QED) is 0.467. The fraction of sp³-hybridized carbons (Fsp3) is 0.238. The van der Waals surface area contributed by atoms with Crippen LogP contribution in [0.15, 0.2) is 48.5 Å². The summed E-state index contributed by atoms with van der Waals surface area (Å²) in [7, 11) is 0. The van der Waals surface area contributed by atoms with E-state index in [0.29, 0.717) is 5.56 Å². The van der Waals surface area contributed by atoms with Crippen molar-refractivity contribution >= 4 is 17.8 Å². The Kier molecular flexibility index (Phi) is 5.08. The van der Waals surface area contributed by atoms with Crippen molar-refractivity contribution in [3.05, 3.63) is 76.6 Å². The second kappa shape index (κ2) is 7.43. The molecule has 0 unspecified atom stereocenters. The van der Waals surface area contributed by atoms with E-state index in [9.17, 15) is 14.0 Å². The Bertz CT molecular complexity index is 839. The molecule has 128 valence electrons. The molecule has 0 heterocycles. The maximum Gasteiger partial charge on any atom is 0.331 e. The van der Waals surface area contributed by atoms with Crippen LogP contribution >= 0.6 is 0 Å². The molecule has 25 heavy (non-hydrogen) atoms. The van der Waals surface area contributed by atoms with Gasteiger partial charge >= 0.3 is 5.97 Å². The summed E-state index contributed by atoms with van der Waals surface area (Å²) in [4.78, 5) is 24.3. The number of ether oxygens (including phenoxy) is 1. The molecule has 0 saturated carbocycles. The van der Waals surface area contributed by atoms with Crippen LogP contribution in [0.5, 0.6) is 0 Å². The summed E-state index contributed by atoms with van der Waals surface area (Å²) in [6, 6.07) is 11.8. The highest BCUT2D eigenvalue weighted by Crippen LogP contribution is 2.23. The molecule has 0 aromatic heterocycles. The highest BCUT2D eigenvalue weighted by atomic mass is 19.1. The van der Waals surface area contributed by atoms with Crippen molar-refractivity contribution in [3.63, 3.8) is 0 Å². The van der Waals surface area contributed by atoms with Gasteiger partial charge in [0.25, 0.3) is 0 Å². The first-order valence-corrected chi connectivity index (χ1v) is 8.34. The Morgan fingerprint density at radius 2 is 1.88 bits per heavy atom. The number of carbonyl (C=O) groups excluding carboxylic acids is 2. The maximum absolute atomic E-state index is 13.5. The van der Waals surface area contributed by atoms with Gasteiger partial charge in [-0.05, 0) is 55.5 Å². The van der Waals surface area contributed by atoms with Crippen molar-refractivity contribution < 1.29 is 18.7 Å². The number of Topliss-reactive ketones (excluding diaryl/α,β-unsaturated/α-hetero) is 1. The first-order chi connectivity index (χ1) is 12.0. The van der Waals surface area contributed by atoms with Crippen LogP contribution in [0.1, 0.15) is 40.4 Å². The largest absolute Gasteiger partial charge is 0.451 e. The van der Waals surface area contributed by atoms with Crippen LogP contribution < -0.4 is 0 Å². The molecule has 0 N–H and O–H groups in total. The molecule has 0 saturated heterocycles. The molecule has 0 spiro atoms. The number of hydrogen-bond acceptors (Lipinski definition) is 3. The Labute approximate surface area is 146 Å². The van der Waals surface area contributed by atoms with E-state index in [1.807, 2.05) is 12.1 Å². The SMILES string of the molecule is C[C@H](OC(=O)/C=C/c1ccccc1F)C(=O)c1ccc2c(c1)CCC2. The van der Waals surface area contributed by atoms with Crippen LogP contribution in [0.4, 0.5) is 4.39 Å². The minimum atomic E-state index is -0.891. The summed E-state index contributed by atoms with van der Waals surface area (Å²) in [5.74, 6) is -1.33. The lowest BCUT2D eigenvalue weighted by atomic mass is 10.0. The van der Waals surface area contributed by atoms with E-state index in [4.69, 9.17) is 4.74 Å². The molecule has 3 nitrogen and oxygen atoms in total. The Morgan fingerprint density at radius 1 is 1.12 bits per heavy atom. The van der Waals surface area contributed by atoms with E-state index >= 15 is 0 Å². The molecular weight excluding hydrogens is 319 g/mol. The lowest BCUT2D eigenvalue weighted by Crippen LogP contribution is -2.23. The van der Waals surface area contributed by atoms with Crippen LogP contribution in [0, 0.1) is 5.82 Å². The van der Waals surface area contributed by atoms with Crippen LogP contribution in [0.3, 0.4) is 0 Å². The van der Waals surface area contributed by atoms with Crippen LogP contribution in [0.25, 0.3) is 6.08 Å². The minimum Gasteiger partial charge on any atom is -0.451 e. The number of rotatable bonds is 5. The van der Waals surface area contributed by atoms with Gasteiger partial charge in [-0.1, -0.05) is 30.3 Å². The molecule has 0 bridgehead atoms. The van der Waals surface area contributed by atoms with Crippen molar-refractivity contribution in [1.29, 1.82) is 0 Å². The molecule has 4 heteroatoms. The molecule has 1 aliphatic carbocycles. The number of benzene rings is 2. The smallest absolute Gasteiger partial charge is 0.331 e. The summed E-state index contributed by atoms with van der Waals surface area (Å²) in [5, 5.41) is 0. The van der Waals surface area contributed by atoms with E-state index < -0.39 is 17.9 Å². The molecule has 1 aliphatic rings. The predicted octanol–water partition coefficient (Wildman–Crippen LogP) is 4.14. The summed E-state index contributed by atoms with van der Waals surface area (Å²) < 4.78 is 18.7. The van der Waals surface area contributed by atoms with E-state index in [1.54, 1.807) is 31.2 Å². The molecule has 3 rings (SSSR count). The zero-order chi connectivity index (χ0) is 17.8. The highest BCUT2D eigenvalue weighted by molar-refractivity contribution is 6.01. The van der Waals surface area contributed by atoms with Crippen molar-refractivity contribution in [2.45, 2.75) is 32.3 Å². The molecule has 0 fully saturated rings. The summed E-state index contributed by atoms with van der Waals surface area (Å²) >= 11 is 0. The van der Waals surface area contributed by atoms with Gasteiger partial charge in [-0.2, -0.15) is 0 Å². The zero-order valence-corrected chi connectivity index (χ0v) is 14.0. The van der Waals surface area contributed by atoms with Gasteiger partial charge < -0.3 is 4.74 Å². The molecule has 0 aliphatic heterocycles. The molecular formula is C21H19FO3. The molecule has 0 radical (unpaired) electrons. The van der Waals surface area contributed by atoms with Gasteiger partial charge in [-0.25, -0.2) is 9.18 Å². The third-order valence-corrected chi connectivity index (χ3v) is 4.35. The van der Waals surface area contributed by atoms with Gasteiger partial charge in [0.05, 0.1) is 0 Å². The molecule has 1 atom stereocenters. The summed E-state index contributed by atoms with van der Waals surface area (Å²) in [6.07, 6.45) is 4.72. The van der Waals surface area contributed by atoms with Crippen molar-refractivity contribution in [1.82, 2.24) is 0 Å². The zero-order valence-electron chi connectivity index (χ0n) is 14.0. The van der Waals surface area contributed by atoms with Gasteiger partial charge in [0.2, 0.25) is 5.78 Å². The maximum atomic E-state index is 13.5. The summed E-state index contributed by atoms with van der Waals surface area (Å²) in [5.41, 5.74) is 3.33. The third kappa shape index (κ3) is 4.02. The number of aryl methyl sites for hydroxylation is 2. The lowest BCUT2D eigenvalue weighted by Gasteiger charge is -2.12. The molecule has 2 aromatic rings. The second-order valence-electron chi connectivity index (χ2n) is 6.14. The minimum absolute atomic E-state index is 0.234. The van der Waals surface area contributed by atoms with Crippen LogP contribution in [-0.2, 0) is 22.4 Å². The fourth-order valence-corrected chi connectivity index (χ4v) is 2.99. The van der Waals surface area contributed by atoms with E-state index in [0.717, 1.165) is 25.3 Å². The second-order valence-corrected chi connectivity index (χ2v) is 6.14. The first kappa shape index (κ1) is 17.1. The first-order valence-electron chi connectivity index (χ1n) is 8.34. The highest BCUT2D eigenvalue weighted by Gasteiger charge is 2.20. The number of fused-ring (bicyclic) bond motifs is 1. The van der Waals surface area contributed by atoms with Gasteiger partial charge in [0.15, 0.2) is 6.10 Å². The average Bonchev–Trinajstić information content (AvgIpc) is 3.08. The Hall–Kier alpha value is -2.75. The van der Waals surface area contributed by atoms with E-state index in [-0.39, 0.29) is 11.3 Å². The Morgan fingerprint density at radius 3 is 2.68 bits per heavy atom. The molecule has 0 amide bonds. The van der Waals surface area contributed by atoms with Crippen LogP contribution in [-0.4, -0.2) is 17.9 Å². The normalized spacial score (nSPS) is 14.3. The number of carbonyl (C=O) groups is 2. The van der Waals surface area contributed by atoms with Crippen molar-refractivity contribution in [3.8, 4) is 0 Å². The van der Waals surface area contributed by atoms with Gasteiger partial charge in [0.1, 0.15) is 5.82 Å². The fourth-order valence-electron chi connectivity index (χ4n) is 2.99. The van der Waals surface area contributed by atoms with Gasteiger partial charge in [-0.3, -0.25) is 4.79 Å². The predicted molar refractivity (Wildman–Crippen MR) is 93.8 cm³/mol. The number of esters is 1. The lowest BCUT2D eigenvalue weighted by molar-refractivity contribution is -0.140. The Balaban J connectivity index is 1.63. The third-order valence-electron chi connectivity index (χ3n) is 4.35. The number of halogens is 1. The van der Waals surface area contributed by atoms with Crippen LogP contribution in [0.2, 0.25) is 0 Å². The van der Waals surface area contributed by atoms with E-state index in [1.165, 1.54) is 23.3 Å². The summed E-state index contributed by atoms with van der Waals surface area (Å²) in [6.45, 7) is 1.55. The monoisotopic (exact) mass is 338 g/mol. The number of hydrogen-bond donors (Lipinski definition) is 0. The molecule has 2 aromatic carbocycles. The van der Waals surface area contributed by atoms with Gasteiger partial charge in [-0.15, -0.1) is 0 Å². The average molecular weight is 338 g/mol.